The Kier molecular flexibility index (Phi) is 3.63. The molecule has 2 aromatic rings. The molecule has 2 saturated carbocycles. The topological polar surface area (TPSA) is 99.1 Å². The highest BCUT2D eigenvalue weighted by molar-refractivity contribution is 7.89. The van der Waals surface area contributed by atoms with E-state index in [-0.39, 0.29) is 46.7 Å². The van der Waals surface area contributed by atoms with Gasteiger partial charge in [0.25, 0.3) is 0 Å². The average Bonchev–Trinajstić information content (AvgIpc) is 3.40. The number of hydrogen-bond donors (Lipinski definition) is 1. The highest BCUT2D eigenvalue weighted by Crippen LogP contribution is 2.69. The lowest BCUT2D eigenvalue weighted by atomic mass is 10.0. The van der Waals surface area contributed by atoms with Gasteiger partial charge in [-0.3, -0.25) is 0 Å². The van der Waals surface area contributed by atoms with Crippen LogP contribution in [0.2, 0.25) is 0 Å². The van der Waals surface area contributed by atoms with Crippen LogP contribution in [0.15, 0.2) is 33.7 Å². The number of rotatable bonds is 4. The molecule has 0 spiro atoms. The van der Waals surface area contributed by atoms with Gasteiger partial charge in [0.1, 0.15) is 5.41 Å². The van der Waals surface area contributed by atoms with Crippen LogP contribution in [0.3, 0.4) is 0 Å². The van der Waals surface area contributed by atoms with Crippen molar-refractivity contribution in [2.24, 2.45) is 10.6 Å². The van der Waals surface area contributed by atoms with Crippen molar-refractivity contribution >= 4 is 10.0 Å². The third-order valence-corrected chi connectivity index (χ3v) is 6.75. The molecule has 27 heavy (non-hydrogen) atoms. The first-order valence-electron chi connectivity index (χ1n) is 8.41. The van der Waals surface area contributed by atoms with Crippen LogP contribution in [0.5, 0.6) is 0 Å². The maximum atomic E-state index is 13.2. The second-order valence-corrected chi connectivity index (χ2v) is 9.49. The van der Waals surface area contributed by atoms with Gasteiger partial charge >= 0.3 is 6.18 Å². The number of aromatic nitrogens is 2. The summed E-state index contributed by atoms with van der Waals surface area (Å²) in [5.41, 5.74) is -1.44. The molecule has 4 rings (SSSR count). The van der Waals surface area contributed by atoms with E-state index in [4.69, 9.17) is 9.66 Å². The molecule has 0 saturated heterocycles. The summed E-state index contributed by atoms with van der Waals surface area (Å²) in [5, 5.41) is 8.93. The number of nitrogens with zero attached hydrogens (tertiary/aromatic N) is 2. The molecule has 6 nitrogen and oxygen atoms in total. The van der Waals surface area contributed by atoms with E-state index in [1.165, 1.54) is 12.1 Å². The van der Waals surface area contributed by atoms with E-state index in [1.54, 1.807) is 12.1 Å². The second-order valence-electron chi connectivity index (χ2n) is 7.93. The smallest absolute Gasteiger partial charge is 0.338 e. The summed E-state index contributed by atoms with van der Waals surface area (Å²) >= 11 is 0. The van der Waals surface area contributed by atoms with Crippen LogP contribution in [-0.2, 0) is 15.4 Å². The second kappa shape index (κ2) is 5.32. The SMILES string of the molecule is CC1(C)[C@H](c2ccc(S(N)(=O)=O)cc2)[C@H]1c1noc(C2(C(F)(F)F)CC2)n1. The van der Waals surface area contributed by atoms with Crippen molar-refractivity contribution in [3.05, 3.63) is 41.5 Å². The van der Waals surface area contributed by atoms with Gasteiger partial charge in [0.15, 0.2) is 5.82 Å². The molecule has 0 aliphatic heterocycles. The zero-order chi connectivity index (χ0) is 19.8. The van der Waals surface area contributed by atoms with Crippen LogP contribution in [0.4, 0.5) is 13.2 Å². The Labute approximate surface area is 154 Å². The standard InChI is InChI=1S/C17H18F3N3O3S/c1-15(2)11(9-3-5-10(6-4-9)27(21,24)25)12(15)13-22-14(26-23-13)16(7-8-16)17(18,19)20/h3-6,11-12H,7-8H2,1-2H3,(H2,21,24,25)/t11-,12+/m1/s1. The molecule has 2 aliphatic rings. The number of primary sulfonamides is 1. The lowest BCUT2D eigenvalue weighted by Gasteiger charge is -2.13. The maximum Gasteiger partial charge on any atom is 0.403 e. The van der Waals surface area contributed by atoms with E-state index >= 15 is 0 Å². The van der Waals surface area contributed by atoms with Crippen LogP contribution in [0.25, 0.3) is 0 Å². The lowest BCUT2D eigenvalue weighted by molar-refractivity contribution is -0.166. The normalized spacial score (nSPS) is 26.0. The molecule has 1 aromatic heterocycles. The Morgan fingerprint density at radius 3 is 2.22 bits per heavy atom. The van der Waals surface area contributed by atoms with Gasteiger partial charge in [-0.05, 0) is 36.0 Å². The summed E-state index contributed by atoms with van der Waals surface area (Å²) in [6.07, 6.45) is -4.48. The number of halogens is 3. The Bertz CT molecular complexity index is 992. The van der Waals surface area contributed by atoms with E-state index in [0.717, 1.165) is 5.56 Å². The van der Waals surface area contributed by atoms with E-state index in [1.807, 2.05) is 13.8 Å². The van der Waals surface area contributed by atoms with E-state index < -0.39 is 21.6 Å². The van der Waals surface area contributed by atoms with Crippen molar-refractivity contribution in [2.75, 3.05) is 0 Å². The summed E-state index contributed by atoms with van der Waals surface area (Å²) < 4.78 is 67.5. The largest absolute Gasteiger partial charge is 0.403 e. The van der Waals surface area contributed by atoms with Crippen LogP contribution < -0.4 is 5.14 Å². The third kappa shape index (κ3) is 2.77. The Hall–Kier alpha value is -1.94. The van der Waals surface area contributed by atoms with Gasteiger partial charge in [0.2, 0.25) is 15.9 Å². The van der Waals surface area contributed by atoms with Crippen LogP contribution in [0, 0.1) is 5.41 Å². The minimum absolute atomic E-state index is 0.00366. The Morgan fingerprint density at radius 2 is 1.74 bits per heavy atom. The number of sulfonamides is 1. The van der Waals surface area contributed by atoms with Gasteiger partial charge in [-0.2, -0.15) is 18.2 Å². The van der Waals surface area contributed by atoms with Crippen LogP contribution in [0.1, 0.15) is 55.8 Å². The minimum atomic E-state index is -4.40. The van der Waals surface area contributed by atoms with Crippen molar-refractivity contribution in [1.82, 2.24) is 10.1 Å². The first kappa shape index (κ1) is 18.4. The molecular weight excluding hydrogens is 383 g/mol. The number of benzene rings is 1. The molecule has 2 N–H and O–H groups in total. The molecule has 10 heteroatoms. The minimum Gasteiger partial charge on any atom is -0.338 e. The lowest BCUT2D eigenvalue weighted by Crippen LogP contribution is -2.29. The van der Waals surface area contributed by atoms with Gasteiger partial charge in [0, 0.05) is 11.8 Å². The fourth-order valence-corrected chi connectivity index (χ4v) is 4.42. The molecule has 1 aromatic carbocycles. The summed E-state index contributed by atoms with van der Waals surface area (Å²) in [7, 11) is -3.79. The zero-order valence-corrected chi connectivity index (χ0v) is 15.4. The summed E-state index contributed by atoms with van der Waals surface area (Å²) in [6, 6.07) is 6.15. The molecule has 1 heterocycles. The number of nitrogens with two attached hydrogens (primary N) is 1. The molecule has 0 bridgehead atoms. The molecule has 2 atom stereocenters. The average molecular weight is 401 g/mol. The fraction of sp³-hybridized carbons (Fsp3) is 0.529. The Morgan fingerprint density at radius 1 is 1.15 bits per heavy atom. The first-order chi connectivity index (χ1) is 12.4. The molecule has 0 unspecified atom stereocenters. The summed E-state index contributed by atoms with van der Waals surface area (Å²) in [5.74, 6) is -0.375. The highest BCUT2D eigenvalue weighted by Gasteiger charge is 2.69. The Balaban J connectivity index is 1.61. The van der Waals surface area contributed by atoms with Gasteiger partial charge in [-0.1, -0.05) is 31.1 Å². The zero-order valence-electron chi connectivity index (χ0n) is 14.6. The van der Waals surface area contributed by atoms with Crippen molar-refractivity contribution in [1.29, 1.82) is 0 Å². The van der Waals surface area contributed by atoms with Crippen molar-refractivity contribution in [3.63, 3.8) is 0 Å². The van der Waals surface area contributed by atoms with E-state index in [9.17, 15) is 21.6 Å². The first-order valence-corrected chi connectivity index (χ1v) is 9.96. The quantitative estimate of drug-likeness (QED) is 0.848. The van der Waals surface area contributed by atoms with Crippen molar-refractivity contribution < 1.29 is 26.1 Å². The van der Waals surface area contributed by atoms with Crippen LogP contribution >= 0.6 is 0 Å². The fourth-order valence-electron chi connectivity index (χ4n) is 3.91. The molecule has 146 valence electrons. The van der Waals surface area contributed by atoms with Gasteiger partial charge in [-0.25, -0.2) is 13.6 Å². The molecule has 0 amide bonds. The molecule has 2 fully saturated rings. The van der Waals surface area contributed by atoms with E-state index in [2.05, 4.69) is 10.1 Å². The van der Waals surface area contributed by atoms with Gasteiger partial charge in [-0.15, -0.1) is 0 Å². The van der Waals surface area contributed by atoms with Gasteiger partial charge < -0.3 is 4.52 Å². The predicted octanol–water partition coefficient (Wildman–Crippen LogP) is 3.22. The third-order valence-electron chi connectivity index (χ3n) is 5.82. The predicted molar refractivity (Wildman–Crippen MR) is 88.3 cm³/mol. The van der Waals surface area contributed by atoms with Crippen LogP contribution in [-0.4, -0.2) is 24.7 Å². The van der Waals surface area contributed by atoms with Gasteiger partial charge in [0.05, 0.1) is 4.90 Å². The van der Waals surface area contributed by atoms with Crippen molar-refractivity contribution in [2.45, 2.75) is 55.0 Å². The monoisotopic (exact) mass is 401 g/mol. The summed E-state index contributed by atoms with van der Waals surface area (Å²) in [6.45, 7) is 3.92. The maximum absolute atomic E-state index is 13.2. The highest BCUT2D eigenvalue weighted by atomic mass is 32.2. The molecule has 0 radical (unpaired) electrons. The summed E-state index contributed by atoms with van der Waals surface area (Å²) in [4.78, 5) is 4.09. The van der Waals surface area contributed by atoms with Crippen molar-refractivity contribution in [3.8, 4) is 0 Å². The number of alkyl halides is 3. The molecular formula is C17H18F3N3O3S. The number of hydrogen-bond acceptors (Lipinski definition) is 5. The molecule has 2 aliphatic carbocycles. The van der Waals surface area contributed by atoms with E-state index in [0.29, 0.717) is 0 Å².